The van der Waals surface area contributed by atoms with Crippen molar-refractivity contribution in [1.82, 2.24) is 0 Å². The molecule has 0 spiro atoms. The van der Waals surface area contributed by atoms with Crippen LogP contribution in [-0.2, 0) is 9.53 Å². The molecule has 0 aliphatic heterocycles. The number of nitrogens with one attached hydrogen (secondary N) is 1. The largest absolute Gasteiger partial charge is 0.462 e. The number of carbonyl (C=O) groups is 2. The summed E-state index contributed by atoms with van der Waals surface area (Å²) in [5, 5.41) is 2.57. The third-order valence-corrected chi connectivity index (χ3v) is 1.87. The van der Waals surface area contributed by atoms with E-state index >= 15 is 0 Å². The SMILES string of the molecule is CCOC(=O)c1ccc(NC(=O)CN)cc1. The standard InChI is InChI=1S/C11H14N2O3/c1-2-16-11(15)8-3-5-9(6-4-8)13-10(14)7-12/h3-6H,2,7,12H2,1H3,(H,13,14). The first-order valence-corrected chi connectivity index (χ1v) is 4.94. The van der Waals surface area contributed by atoms with Gasteiger partial charge in [-0.15, -0.1) is 0 Å². The van der Waals surface area contributed by atoms with Crippen LogP contribution in [0.15, 0.2) is 24.3 Å². The first kappa shape index (κ1) is 12.2. The lowest BCUT2D eigenvalue weighted by atomic mass is 10.2. The summed E-state index contributed by atoms with van der Waals surface area (Å²) in [5.74, 6) is -0.650. The van der Waals surface area contributed by atoms with Crippen molar-refractivity contribution >= 4 is 17.6 Å². The number of amides is 1. The Balaban J connectivity index is 2.67. The molecule has 1 aromatic rings. The van der Waals surface area contributed by atoms with E-state index in [0.29, 0.717) is 17.9 Å². The minimum Gasteiger partial charge on any atom is -0.462 e. The van der Waals surface area contributed by atoms with Crippen LogP contribution in [0.4, 0.5) is 5.69 Å². The average Bonchev–Trinajstić information content (AvgIpc) is 2.30. The topological polar surface area (TPSA) is 81.4 Å². The molecule has 0 heterocycles. The maximum atomic E-state index is 11.3. The van der Waals surface area contributed by atoms with Crippen molar-refractivity contribution in [3.05, 3.63) is 29.8 Å². The molecule has 1 amide bonds. The summed E-state index contributed by atoms with van der Waals surface area (Å²) in [7, 11) is 0. The number of carbonyl (C=O) groups excluding carboxylic acids is 2. The highest BCUT2D eigenvalue weighted by Crippen LogP contribution is 2.10. The lowest BCUT2D eigenvalue weighted by Crippen LogP contribution is -2.21. The Hall–Kier alpha value is -1.88. The van der Waals surface area contributed by atoms with Crippen LogP contribution in [0, 0.1) is 0 Å². The molecule has 0 saturated carbocycles. The highest BCUT2D eigenvalue weighted by molar-refractivity contribution is 5.93. The van der Waals surface area contributed by atoms with Gasteiger partial charge < -0.3 is 15.8 Å². The summed E-state index contributed by atoms with van der Waals surface area (Å²) in [4.78, 5) is 22.3. The fourth-order valence-corrected chi connectivity index (χ4v) is 1.12. The number of hydrogen-bond donors (Lipinski definition) is 2. The van der Waals surface area contributed by atoms with Crippen molar-refractivity contribution < 1.29 is 14.3 Å². The second kappa shape index (κ2) is 5.87. The van der Waals surface area contributed by atoms with Crippen LogP contribution in [0.3, 0.4) is 0 Å². The van der Waals surface area contributed by atoms with Gasteiger partial charge in [-0.2, -0.15) is 0 Å². The first-order valence-electron chi connectivity index (χ1n) is 4.94. The zero-order valence-corrected chi connectivity index (χ0v) is 9.03. The second-order valence-electron chi connectivity index (χ2n) is 3.05. The van der Waals surface area contributed by atoms with Crippen LogP contribution in [0.5, 0.6) is 0 Å². The molecule has 1 aromatic carbocycles. The van der Waals surface area contributed by atoms with Crippen molar-refractivity contribution in [3.63, 3.8) is 0 Å². The van der Waals surface area contributed by atoms with E-state index in [-0.39, 0.29) is 18.4 Å². The summed E-state index contributed by atoms with van der Waals surface area (Å²) in [6.07, 6.45) is 0. The molecular weight excluding hydrogens is 208 g/mol. The molecule has 0 unspecified atom stereocenters. The minimum absolute atomic E-state index is 0.0698. The van der Waals surface area contributed by atoms with Gasteiger partial charge in [-0.1, -0.05) is 0 Å². The second-order valence-corrected chi connectivity index (χ2v) is 3.05. The van der Waals surface area contributed by atoms with Crippen molar-refractivity contribution in [1.29, 1.82) is 0 Å². The van der Waals surface area contributed by atoms with Gasteiger partial charge in [-0.05, 0) is 31.2 Å². The fraction of sp³-hybridized carbons (Fsp3) is 0.273. The summed E-state index contributed by atoms with van der Waals surface area (Å²) < 4.78 is 4.82. The van der Waals surface area contributed by atoms with Crippen LogP contribution in [0.1, 0.15) is 17.3 Å². The summed E-state index contributed by atoms with van der Waals surface area (Å²) in [5.41, 5.74) is 6.20. The van der Waals surface area contributed by atoms with Crippen LogP contribution >= 0.6 is 0 Å². The molecule has 1 rings (SSSR count). The van der Waals surface area contributed by atoms with E-state index in [1.165, 1.54) is 0 Å². The maximum Gasteiger partial charge on any atom is 0.338 e. The predicted octanol–water partition coefficient (Wildman–Crippen LogP) is 0.760. The third-order valence-electron chi connectivity index (χ3n) is 1.87. The molecule has 16 heavy (non-hydrogen) atoms. The fourth-order valence-electron chi connectivity index (χ4n) is 1.12. The molecule has 3 N–H and O–H groups in total. The number of anilines is 1. The number of ether oxygens (including phenoxy) is 1. The van der Waals surface area contributed by atoms with E-state index in [2.05, 4.69) is 5.32 Å². The van der Waals surface area contributed by atoms with E-state index in [1.54, 1.807) is 31.2 Å². The van der Waals surface area contributed by atoms with Gasteiger partial charge in [0.15, 0.2) is 0 Å². The van der Waals surface area contributed by atoms with Gasteiger partial charge in [0, 0.05) is 5.69 Å². The maximum absolute atomic E-state index is 11.3. The van der Waals surface area contributed by atoms with Gasteiger partial charge in [0.25, 0.3) is 0 Å². The van der Waals surface area contributed by atoms with Crippen LogP contribution in [0.25, 0.3) is 0 Å². The van der Waals surface area contributed by atoms with Gasteiger partial charge >= 0.3 is 5.97 Å². The monoisotopic (exact) mass is 222 g/mol. The molecule has 0 bridgehead atoms. The zero-order valence-electron chi connectivity index (χ0n) is 9.03. The van der Waals surface area contributed by atoms with E-state index in [9.17, 15) is 9.59 Å². The molecule has 5 nitrogen and oxygen atoms in total. The Morgan fingerprint density at radius 1 is 1.31 bits per heavy atom. The van der Waals surface area contributed by atoms with E-state index < -0.39 is 0 Å². The van der Waals surface area contributed by atoms with E-state index in [0.717, 1.165) is 0 Å². The van der Waals surface area contributed by atoms with E-state index in [1.807, 2.05) is 0 Å². The molecule has 0 aliphatic rings. The van der Waals surface area contributed by atoms with Crippen LogP contribution in [-0.4, -0.2) is 25.0 Å². The summed E-state index contributed by atoms with van der Waals surface area (Å²) in [6, 6.07) is 6.42. The third kappa shape index (κ3) is 3.36. The highest BCUT2D eigenvalue weighted by atomic mass is 16.5. The Bertz CT molecular complexity index is 373. The van der Waals surface area contributed by atoms with Crippen LogP contribution < -0.4 is 11.1 Å². The first-order chi connectivity index (χ1) is 7.67. The molecule has 0 aliphatic carbocycles. The lowest BCUT2D eigenvalue weighted by Gasteiger charge is -2.05. The molecule has 86 valence electrons. The normalized spacial score (nSPS) is 9.62. The Kier molecular flexibility index (Phi) is 4.47. The summed E-state index contributed by atoms with van der Waals surface area (Å²) >= 11 is 0. The highest BCUT2D eigenvalue weighted by Gasteiger charge is 2.06. The number of hydrogen-bond acceptors (Lipinski definition) is 4. The quantitative estimate of drug-likeness (QED) is 0.737. The zero-order chi connectivity index (χ0) is 12.0. The number of nitrogens with two attached hydrogens (primary N) is 1. The Morgan fingerprint density at radius 3 is 2.44 bits per heavy atom. The molecule has 5 heteroatoms. The Morgan fingerprint density at radius 2 is 1.94 bits per heavy atom. The van der Waals surface area contributed by atoms with Gasteiger partial charge in [-0.3, -0.25) is 4.79 Å². The smallest absolute Gasteiger partial charge is 0.338 e. The average molecular weight is 222 g/mol. The van der Waals surface area contributed by atoms with Crippen LogP contribution in [0.2, 0.25) is 0 Å². The molecule has 0 aromatic heterocycles. The van der Waals surface area contributed by atoms with Gasteiger partial charge in [0.1, 0.15) is 0 Å². The molecule has 0 fully saturated rings. The number of rotatable bonds is 4. The number of esters is 1. The Labute approximate surface area is 93.6 Å². The molecule has 0 radical (unpaired) electrons. The van der Waals surface area contributed by atoms with Crippen molar-refractivity contribution in [2.24, 2.45) is 5.73 Å². The van der Waals surface area contributed by atoms with Gasteiger partial charge in [-0.25, -0.2) is 4.79 Å². The minimum atomic E-state index is -0.376. The van der Waals surface area contributed by atoms with Crippen molar-refractivity contribution in [2.45, 2.75) is 6.92 Å². The molecule has 0 saturated heterocycles. The summed E-state index contributed by atoms with van der Waals surface area (Å²) in [6.45, 7) is 2.01. The van der Waals surface area contributed by atoms with E-state index in [4.69, 9.17) is 10.5 Å². The van der Waals surface area contributed by atoms with Crippen molar-refractivity contribution in [3.8, 4) is 0 Å². The molecule has 0 atom stereocenters. The van der Waals surface area contributed by atoms with Crippen molar-refractivity contribution in [2.75, 3.05) is 18.5 Å². The molecular formula is C11H14N2O3. The predicted molar refractivity (Wildman–Crippen MR) is 60.1 cm³/mol. The van der Waals surface area contributed by atoms with Gasteiger partial charge in [0.05, 0.1) is 18.7 Å². The number of benzene rings is 1. The lowest BCUT2D eigenvalue weighted by molar-refractivity contribution is -0.114. The van der Waals surface area contributed by atoms with Gasteiger partial charge in [0.2, 0.25) is 5.91 Å².